The number of hydrogen-bond donors (Lipinski definition) is 1. The summed E-state index contributed by atoms with van der Waals surface area (Å²) < 4.78 is 11.6. The maximum Gasteiger partial charge on any atom is 0.224 e. The van der Waals surface area contributed by atoms with Gasteiger partial charge in [0.15, 0.2) is 11.5 Å². The highest BCUT2D eigenvalue weighted by Crippen LogP contribution is 2.29. The van der Waals surface area contributed by atoms with Gasteiger partial charge in [0.05, 0.1) is 13.2 Å². The van der Waals surface area contributed by atoms with Crippen molar-refractivity contribution in [1.82, 2.24) is 0 Å². The Labute approximate surface area is 175 Å². The van der Waals surface area contributed by atoms with Gasteiger partial charge in [0, 0.05) is 12.1 Å². The minimum absolute atomic E-state index is 0.0434. The number of aryl methyl sites for hydroxylation is 3. The number of rotatable bonds is 12. The lowest BCUT2D eigenvalue weighted by Gasteiger charge is -2.15. The molecule has 0 saturated heterocycles. The Morgan fingerprint density at radius 3 is 2.28 bits per heavy atom. The summed E-state index contributed by atoms with van der Waals surface area (Å²) in [6, 6.07) is 12.2. The molecule has 0 aliphatic rings. The highest BCUT2D eigenvalue weighted by Gasteiger charge is 2.12. The number of carbonyl (C=O) groups excluding carboxylic acids is 1. The van der Waals surface area contributed by atoms with Crippen LogP contribution < -0.4 is 14.8 Å². The molecule has 0 heterocycles. The molecule has 0 aromatic heterocycles. The van der Waals surface area contributed by atoms with E-state index in [4.69, 9.17) is 9.47 Å². The Morgan fingerprint density at radius 1 is 0.931 bits per heavy atom. The third-order valence-corrected chi connectivity index (χ3v) is 4.97. The quantitative estimate of drug-likeness (QED) is 0.450. The zero-order valence-corrected chi connectivity index (χ0v) is 18.3. The van der Waals surface area contributed by atoms with Gasteiger partial charge in [-0.05, 0) is 61.4 Å². The monoisotopic (exact) mass is 397 g/mol. The van der Waals surface area contributed by atoms with Crippen LogP contribution in [-0.4, -0.2) is 19.1 Å². The molecule has 1 amide bonds. The number of benzene rings is 2. The Kier molecular flexibility index (Phi) is 9.55. The molecule has 0 atom stereocenters. The van der Waals surface area contributed by atoms with E-state index in [1.54, 1.807) is 0 Å². The van der Waals surface area contributed by atoms with Crippen molar-refractivity contribution in [3.63, 3.8) is 0 Å². The van der Waals surface area contributed by atoms with Crippen molar-refractivity contribution in [2.24, 2.45) is 0 Å². The maximum atomic E-state index is 12.6. The van der Waals surface area contributed by atoms with Crippen molar-refractivity contribution in [3.05, 3.63) is 53.1 Å². The third kappa shape index (κ3) is 6.81. The largest absolute Gasteiger partial charge is 0.490 e. The van der Waals surface area contributed by atoms with Crippen LogP contribution in [0.15, 0.2) is 36.4 Å². The molecule has 4 nitrogen and oxygen atoms in total. The van der Waals surface area contributed by atoms with Gasteiger partial charge < -0.3 is 14.8 Å². The highest BCUT2D eigenvalue weighted by atomic mass is 16.5. The van der Waals surface area contributed by atoms with E-state index in [-0.39, 0.29) is 5.91 Å². The van der Waals surface area contributed by atoms with Gasteiger partial charge in [-0.3, -0.25) is 4.79 Å². The SMILES string of the molecule is CCCCOc1ccc(CCC(=O)Nc2c(CC)cccc2CC)cc1OCC. The van der Waals surface area contributed by atoms with Crippen molar-refractivity contribution in [3.8, 4) is 11.5 Å². The smallest absolute Gasteiger partial charge is 0.224 e. The average Bonchev–Trinajstić information content (AvgIpc) is 2.74. The van der Waals surface area contributed by atoms with Gasteiger partial charge in [0.1, 0.15) is 0 Å². The normalized spacial score (nSPS) is 10.6. The lowest BCUT2D eigenvalue weighted by molar-refractivity contribution is -0.116. The molecule has 29 heavy (non-hydrogen) atoms. The average molecular weight is 398 g/mol. The van der Waals surface area contributed by atoms with Crippen molar-refractivity contribution in [2.45, 2.75) is 66.2 Å². The van der Waals surface area contributed by atoms with Crippen LogP contribution in [0.4, 0.5) is 5.69 Å². The number of anilines is 1. The van der Waals surface area contributed by atoms with Crippen molar-refractivity contribution in [1.29, 1.82) is 0 Å². The van der Waals surface area contributed by atoms with Gasteiger partial charge in [-0.15, -0.1) is 0 Å². The van der Waals surface area contributed by atoms with Gasteiger partial charge in [-0.2, -0.15) is 0 Å². The highest BCUT2D eigenvalue weighted by molar-refractivity contribution is 5.92. The Hall–Kier alpha value is -2.49. The number of carbonyl (C=O) groups is 1. The van der Waals surface area contributed by atoms with E-state index in [0.717, 1.165) is 48.4 Å². The molecule has 0 radical (unpaired) electrons. The molecular weight excluding hydrogens is 362 g/mol. The topological polar surface area (TPSA) is 47.6 Å². The molecule has 158 valence electrons. The standard InChI is InChI=1S/C25H35NO3/c1-5-9-17-29-22-15-13-19(18-23(22)28-8-4)14-16-24(27)26-25-20(6-2)11-10-12-21(25)7-3/h10-13,15,18H,5-9,14,16-17H2,1-4H3,(H,26,27). The van der Waals surface area contributed by atoms with E-state index in [1.807, 2.05) is 25.1 Å². The lowest BCUT2D eigenvalue weighted by Crippen LogP contribution is -2.15. The predicted molar refractivity (Wildman–Crippen MR) is 120 cm³/mol. The second kappa shape index (κ2) is 12.2. The maximum absolute atomic E-state index is 12.6. The second-order valence-electron chi connectivity index (χ2n) is 7.12. The van der Waals surface area contributed by atoms with E-state index >= 15 is 0 Å². The van der Waals surface area contributed by atoms with Crippen LogP contribution in [0.1, 0.15) is 63.6 Å². The molecule has 0 aliphatic carbocycles. The number of amides is 1. The second-order valence-corrected chi connectivity index (χ2v) is 7.12. The minimum atomic E-state index is 0.0434. The van der Waals surface area contributed by atoms with Gasteiger partial charge in [-0.25, -0.2) is 0 Å². The number of para-hydroxylation sites is 1. The third-order valence-electron chi connectivity index (χ3n) is 4.97. The molecule has 0 saturated carbocycles. The summed E-state index contributed by atoms with van der Waals surface area (Å²) in [7, 11) is 0. The summed E-state index contributed by atoms with van der Waals surface area (Å²) in [6.45, 7) is 9.61. The summed E-state index contributed by atoms with van der Waals surface area (Å²) >= 11 is 0. The summed E-state index contributed by atoms with van der Waals surface area (Å²) in [4.78, 5) is 12.6. The molecule has 0 aliphatic heterocycles. The van der Waals surface area contributed by atoms with Crippen molar-refractivity contribution < 1.29 is 14.3 Å². The predicted octanol–water partition coefficient (Wildman–Crippen LogP) is 5.96. The molecule has 0 spiro atoms. The van der Waals surface area contributed by atoms with Gasteiger partial charge in [-0.1, -0.05) is 51.5 Å². The first-order valence-corrected chi connectivity index (χ1v) is 10.9. The molecule has 0 bridgehead atoms. The van der Waals surface area contributed by atoms with Crippen molar-refractivity contribution >= 4 is 11.6 Å². The van der Waals surface area contributed by atoms with Gasteiger partial charge >= 0.3 is 0 Å². The van der Waals surface area contributed by atoms with E-state index in [0.29, 0.717) is 26.1 Å². The Bertz CT molecular complexity index is 763. The Morgan fingerprint density at radius 2 is 1.66 bits per heavy atom. The van der Waals surface area contributed by atoms with Crippen LogP contribution in [0.3, 0.4) is 0 Å². The van der Waals surface area contributed by atoms with E-state index in [9.17, 15) is 4.79 Å². The molecule has 0 fully saturated rings. The molecule has 1 N–H and O–H groups in total. The summed E-state index contributed by atoms with van der Waals surface area (Å²) in [5.41, 5.74) is 4.43. The van der Waals surface area contributed by atoms with Gasteiger partial charge in [0.25, 0.3) is 0 Å². The summed E-state index contributed by atoms with van der Waals surface area (Å²) in [5.74, 6) is 1.57. The van der Waals surface area contributed by atoms with Crippen LogP contribution in [0.5, 0.6) is 11.5 Å². The van der Waals surface area contributed by atoms with Crippen LogP contribution in [0.25, 0.3) is 0 Å². The van der Waals surface area contributed by atoms with Crippen LogP contribution in [0, 0.1) is 0 Å². The lowest BCUT2D eigenvalue weighted by atomic mass is 10.0. The molecule has 2 aromatic rings. The fraction of sp³-hybridized carbons (Fsp3) is 0.480. The fourth-order valence-corrected chi connectivity index (χ4v) is 3.28. The summed E-state index contributed by atoms with van der Waals surface area (Å²) in [6.07, 6.45) is 5.02. The molecule has 4 heteroatoms. The fourth-order valence-electron chi connectivity index (χ4n) is 3.28. The van der Waals surface area contributed by atoms with Crippen LogP contribution >= 0.6 is 0 Å². The minimum Gasteiger partial charge on any atom is -0.490 e. The molecule has 2 rings (SSSR count). The van der Waals surface area contributed by atoms with Gasteiger partial charge in [0.2, 0.25) is 5.91 Å². The van der Waals surface area contributed by atoms with E-state index in [2.05, 4.69) is 44.3 Å². The zero-order chi connectivity index (χ0) is 21.1. The summed E-state index contributed by atoms with van der Waals surface area (Å²) in [5, 5.41) is 3.14. The first-order chi connectivity index (χ1) is 14.1. The molecule has 2 aromatic carbocycles. The first kappa shape index (κ1) is 22.8. The molecule has 0 unspecified atom stereocenters. The van der Waals surface area contributed by atoms with Crippen LogP contribution in [-0.2, 0) is 24.1 Å². The Balaban J connectivity index is 2.02. The van der Waals surface area contributed by atoms with E-state index < -0.39 is 0 Å². The number of unbranched alkanes of at least 4 members (excludes halogenated alkanes) is 1. The number of ether oxygens (including phenoxy) is 2. The van der Waals surface area contributed by atoms with Crippen molar-refractivity contribution in [2.75, 3.05) is 18.5 Å². The first-order valence-electron chi connectivity index (χ1n) is 10.9. The number of hydrogen-bond acceptors (Lipinski definition) is 3. The molecular formula is C25H35NO3. The van der Waals surface area contributed by atoms with Crippen LogP contribution in [0.2, 0.25) is 0 Å². The van der Waals surface area contributed by atoms with E-state index in [1.165, 1.54) is 11.1 Å². The number of nitrogens with one attached hydrogen (secondary N) is 1. The zero-order valence-electron chi connectivity index (χ0n) is 18.3.